The molecule has 0 radical (unpaired) electrons. The maximum absolute atomic E-state index is 12.2. The zero-order valence-corrected chi connectivity index (χ0v) is 15.6. The van der Waals surface area contributed by atoms with Crippen molar-refractivity contribution in [1.82, 2.24) is 10.3 Å². The fourth-order valence-electron chi connectivity index (χ4n) is 3.29. The van der Waals surface area contributed by atoms with Crippen LogP contribution in [0.3, 0.4) is 0 Å². The number of anilines is 1. The van der Waals surface area contributed by atoms with Crippen molar-refractivity contribution in [2.45, 2.75) is 19.5 Å². The van der Waals surface area contributed by atoms with Gasteiger partial charge in [-0.25, -0.2) is 4.98 Å². The molecule has 0 aliphatic carbocycles. The van der Waals surface area contributed by atoms with Crippen molar-refractivity contribution in [2.75, 3.05) is 11.4 Å². The number of nitrogens with one attached hydrogen (secondary N) is 1. The van der Waals surface area contributed by atoms with Crippen LogP contribution in [0.15, 0.2) is 66.9 Å². The van der Waals surface area contributed by atoms with Crippen molar-refractivity contribution in [2.24, 2.45) is 0 Å². The smallest absolute Gasteiger partial charge is 0.251 e. The van der Waals surface area contributed by atoms with E-state index in [9.17, 15) is 4.79 Å². The number of hydrogen-bond donors (Lipinski definition) is 1. The molecule has 0 saturated carbocycles. The molecular weight excluding hydrogens is 358 g/mol. The highest BCUT2D eigenvalue weighted by atomic mass is 35.5. The van der Waals surface area contributed by atoms with E-state index in [2.05, 4.69) is 39.5 Å². The van der Waals surface area contributed by atoms with Crippen molar-refractivity contribution in [3.63, 3.8) is 0 Å². The van der Waals surface area contributed by atoms with Crippen LogP contribution in [0.2, 0.25) is 5.02 Å². The molecule has 1 aliphatic rings. The zero-order chi connectivity index (χ0) is 18.6. The van der Waals surface area contributed by atoms with Gasteiger partial charge in [0, 0.05) is 36.4 Å². The fraction of sp³-hybridized carbons (Fsp3) is 0.182. The zero-order valence-electron chi connectivity index (χ0n) is 14.9. The summed E-state index contributed by atoms with van der Waals surface area (Å²) in [4.78, 5) is 19.1. The highest BCUT2D eigenvalue weighted by molar-refractivity contribution is 6.30. The van der Waals surface area contributed by atoms with Gasteiger partial charge in [0.2, 0.25) is 0 Å². The first-order valence-corrected chi connectivity index (χ1v) is 9.37. The standard InChI is InChI=1S/C22H20ClN3O/c23-20-8-6-18(7-9-20)22(27)25-14-16-5-10-21(24-13-16)26-12-11-17-3-1-2-4-19(17)15-26/h1-10,13H,11-12,14-15H2,(H,25,27). The molecule has 0 atom stereocenters. The Labute approximate surface area is 163 Å². The molecule has 3 aromatic rings. The maximum atomic E-state index is 12.2. The molecule has 2 aromatic carbocycles. The second-order valence-corrected chi connectivity index (χ2v) is 7.09. The second kappa shape index (κ2) is 7.80. The molecule has 136 valence electrons. The van der Waals surface area contributed by atoms with Gasteiger partial charge >= 0.3 is 0 Å². The number of halogens is 1. The van der Waals surface area contributed by atoms with Crippen molar-refractivity contribution in [3.05, 3.63) is 94.1 Å². The summed E-state index contributed by atoms with van der Waals surface area (Å²) in [5.41, 5.74) is 4.36. The highest BCUT2D eigenvalue weighted by Gasteiger charge is 2.16. The molecule has 0 bridgehead atoms. The largest absolute Gasteiger partial charge is 0.352 e. The molecule has 4 rings (SSSR count). The Balaban J connectivity index is 1.37. The average molecular weight is 378 g/mol. The number of fused-ring (bicyclic) bond motifs is 1. The van der Waals surface area contributed by atoms with E-state index in [1.807, 2.05) is 18.3 Å². The van der Waals surface area contributed by atoms with Crippen LogP contribution in [0.1, 0.15) is 27.0 Å². The van der Waals surface area contributed by atoms with E-state index in [-0.39, 0.29) is 5.91 Å². The molecule has 4 nitrogen and oxygen atoms in total. The van der Waals surface area contributed by atoms with Crippen LogP contribution in [0, 0.1) is 0 Å². The van der Waals surface area contributed by atoms with Gasteiger partial charge in [0.25, 0.3) is 5.91 Å². The Hall–Kier alpha value is -2.85. The minimum atomic E-state index is -0.122. The van der Waals surface area contributed by atoms with Crippen LogP contribution < -0.4 is 10.2 Å². The van der Waals surface area contributed by atoms with Gasteiger partial charge in [0.05, 0.1) is 0 Å². The fourth-order valence-corrected chi connectivity index (χ4v) is 3.41. The molecule has 0 spiro atoms. The predicted molar refractivity (Wildman–Crippen MR) is 108 cm³/mol. The van der Waals surface area contributed by atoms with E-state index in [0.29, 0.717) is 17.1 Å². The number of rotatable bonds is 4. The van der Waals surface area contributed by atoms with Gasteiger partial charge in [-0.1, -0.05) is 41.9 Å². The van der Waals surface area contributed by atoms with Gasteiger partial charge in [-0.2, -0.15) is 0 Å². The molecule has 1 amide bonds. The monoisotopic (exact) mass is 377 g/mol. The number of carbonyl (C=O) groups excluding carboxylic acids is 1. The molecule has 5 heteroatoms. The third-order valence-corrected chi connectivity index (χ3v) is 5.08. The number of pyridine rings is 1. The number of benzene rings is 2. The molecular formula is C22H20ClN3O. The molecule has 27 heavy (non-hydrogen) atoms. The van der Waals surface area contributed by atoms with Crippen LogP contribution in [-0.2, 0) is 19.5 Å². The Morgan fingerprint density at radius 1 is 1.04 bits per heavy atom. The van der Waals surface area contributed by atoms with Gasteiger partial charge in [-0.05, 0) is 53.4 Å². The second-order valence-electron chi connectivity index (χ2n) is 6.65. The van der Waals surface area contributed by atoms with E-state index in [1.165, 1.54) is 11.1 Å². The van der Waals surface area contributed by atoms with Crippen LogP contribution in [0.25, 0.3) is 0 Å². The van der Waals surface area contributed by atoms with E-state index in [4.69, 9.17) is 11.6 Å². The van der Waals surface area contributed by atoms with Crippen LogP contribution in [0.5, 0.6) is 0 Å². The van der Waals surface area contributed by atoms with E-state index in [1.54, 1.807) is 24.3 Å². The van der Waals surface area contributed by atoms with Crippen molar-refractivity contribution in [1.29, 1.82) is 0 Å². The van der Waals surface area contributed by atoms with Crippen molar-refractivity contribution in [3.8, 4) is 0 Å². The molecule has 0 saturated heterocycles. The summed E-state index contributed by atoms with van der Waals surface area (Å²) < 4.78 is 0. The van der Waals surface area contributed by atoms with Crippen LogP contribution in [0.4, 0.5) is 5.82 Å². The summed E-state index contributed by atoms with van der Waals surface area (Å²) in [5, 5.41) is 3.53. The topological polar surface area (TPSA) is 45.2 Å². The first-order chi connectivity index (χ1) is 13.2. The lowest BCUT2D eigenvalue weighted by Crippen LogP contribution is -2.31. The summed E-state index contributed by atoms with van der Waals surface area (Å²) in [7, 11) is 0. The summed E-state index contributed by atoms with van der Waals surface area (Å²) in [5.74, 6) is 0.848. The minimum Gasteiger partial charge on any atom is -0.352 e. The van der Waals surface area contributed by atoms with Crippen molar-refractivity contribution >= 4 is 23.3 Å². The SMILES string of the molecule is O=C(NCc1ccc(N2CCc3ccccc3C2)nc1)c1ccc(Cl)cc1. The number of carbonyl (C=O) groups is 1. The summed E-state index contributed by atoms with van der Waals surface area (Å²) in [6.45, 7) is 2.30. The number of amides is 1. The van der Waals surface area contributed by atoms with E-state index >= 15 is 0 Å². The molecule has 0 unspecified atom stereocenters. The number of aromatic nitrogens is 1. The Kier molecular flexibility index (Phi) is 5.07. The highest BCUT2D eigenvalue weighted by Crippen LogP contribution is 2.23. The normalized spacial score (nSPS) is 13.1. The third kappa shape index (κ3) is 4.12. The number of nitrogens with zero attached hydrogens (tertiary/aromatic N) is 2. The van der Waals surface area contributed by atoms with Gasteiger partial charge < -0.3 is 10.2 Å². The first kappa shape index (κ1) is 17.6. The van der Waals surface area contributed by atoms with Crippen LogP contribution in [-0.4, -0.2) is 17.4 Å². The lowest BCUT2D eigenvalue weighted by Gasteiger charge is -2.29. The van der Waals surface area contributed by atoms with E-state index < -0.39 is 0 Å². The van der Waals surface area contributed by atoms with E-state index in [0.717, 1.165) is 30.9 Å². The number of hydrogen-bond acceptors (Lipinski definition) is 3. The molecule has 1 N–H and O–H groups in total. The van der Waals surface area contributed by atoms with Gasteiger partial charge in [0.15, 0.2) is 0 Å². The van der Waals surface area contributed by atoms with Gasteiger partial charge in [-0.15, -0.1) is 0 Å². The Bertz CT molecular complexity index is 939. The van der Waals surface area contributed by atoms with Gasteiger partial charge in [0.1, 0.15) is 5.82 Å². The summed E-state index contributed by atoms with van der Waals surface area (Å²) >= 11 is 5.85. The lowest BCUT2D eigenvalue weighted by molar-refractivity contribution is 0.0951. The molecule has 1 aromatic heterocycles. The quantitative estimate of drug-likeness (QED) is 0.740. The molecule has 2 heterocycles. The maximum Gasteiger partial charge on any atom is 0.251 e. The predicted octanol–water partition coefficient (Wildman–Crippen LogP) is 4.23. The summed E-state index contributed by atoms with van der Waals surface area (Å²) in [6, 6.07) is 19.5. The molecule has 1 aliphatic heterocycles. The lowest BCUT2D eigenvalue weighted by atomic mass is 10.00. The summed E-state index contributed by atoms with van der Waals surface area (Å²) in [6.07, 6.45) is 2.87. The first-order valence-electron chi connectivity index (χ1n) is 8.99. The van der Waals surface area contributed by atoms with Crippen LogP contribution >= 0.6 is 11.6 Å². The Morgan fingerprint density at radius 2 is 1.81 bits per heavy atom. The minimum absolute atomic E-state index is 0.122. The average Bonchev–Trinajstić information content (AvgIpc) is 2.72. The molecule has 0 fully saturated rings. The Morgan fingerprint density at radius 3 is 2.56 bits per heavy atom. The van der Waals surface area contributed by atoms with Crippen molar-refractivity contribution < 1.29 is 4.79 Å². The van der Waals surface area contributed by atoms with Gasteiger partial charge in [-0.3, -0.25) is 4.79 Å². The third-order valence-electron chi connectivity index (χ3n) is 4.82.